The lowest BCUT2D eigenvalue weighted by molar-refractivity contribution is -0.139. The van der Waals surface area contributed by atoms with Crippen LogP contribution in [0.15, 0.2) is 30.6 Å². The van der Waals surface area contributed by atoms with E-state index in [4.69, 9.17) is 0 Å². The van der Waals surface area contributed by atoms with Gasteiger partial charge >= 0.3 is 5.97 Å². The van der Waals surface area contributed by atoms with Gasteiger partial charge in [0.05, 0.1) is 0 Å². The number of aliphatic carboxylic acids is 1. The van der Waals surface area contributed by atoms with Gasteiger partial charge in [0, 0.05) is 12.4 Å². The number of carbonyl (C=O) groups is 2. The highest BCUT2D eigenvalue weighted by Crippen LogP contribution is 2.13. The van der Waals surface area contributed by atoms with Crippen LogP contribution in [0.3, 0.4) is 0 Å². The van der Waals surface area contributed by atoms with Gasteiger partial charge in [-0.05, 0) is 30.5 Å². The Labute approximate surface area is 148 Å². The summed E-state index contributed by atoms with van der Waals surface area (Å²) in [5, 5.41) is 23.9. The fourth-order valence-electron chi connectivity index (χ4n) is 2.39. The van der Waals surface area contributed by atoms with Crippen molar-refractivity contribution < 1.29 is 14.7 Å². The molecule has 3 heterocycles. The first kappa shape index (κ1) is 17.4. The number of nitrogens with zero attached hydrogens (tertiary/aromatic N) is 6. The second-order valence-corrected chi connectivity index (χ2v) is 6.08. The molecular weight excluding hydrogens is 338 g/mol. The summed E-state index contributed by atoms with van der Waals surface area (Å²) < 4.78 is 1.35. The molecule has 134 valence electrons. The zero-order valence-corrected chi connectivity index (χ0v) is 14.2. The van der Waals surface area contributed by atoms with Crippen molar-refractivity contribution in [2.75, 3.05) is 0 Å². The van der Waals surface area contributed by atoms with E-state index in [-0.39, 0.29) is 17.4 Å². The minimum atomic E-state index is -1.09. The molecule has 1 atom stereocenters. The van der Waals surface area contributed by atoms with Crippen LogP contribution in [0, 0.1) is 5.92 Å². The van der Waals surface area contributed by atoms with Crippen LogP contribution in [0.25, 0.3) is 17.3 Å². The predicted octanol–water partition coefficient (Wildman–Crippen LogP) is 0.810. The highest BCUT2D eigenvalue weighted by atomic mass is 16.4. The van der Waals surface area contributed by atoms with Gasteiger partial charge in [0.25, 0.3) is 5.91 Å². The molecule has 0 aromatic carbocycles. The number of hydrogen-bond acceptors (Lipinski definition) is 7. The minimum Gasteiger partial charge on any atom is -0.480 e. The summed E-state index contributed by atoms with van der Waals surface area (Å²) in [4.78, 5) is 32.0. The van der Waals surface area contributed by atoms with E-state index in [0.29, 0.717) is 17.9 Å². The zero-order chi connectivity index (χ0) is 18.7. The zero-order valence-electron chi connectivity index (χ0n) is 14.2. The SMILES string of the molecule is CC(C)C[C@@H](NC(=O)c1ccc2nnc(-c3ncccn3)n2n1)C(=O)O. The topological polar surface area (TPSA) is 135 Å². The van der Waals surface area contributed by atoms with Crippen molar-refractivity contribution in [3.8, 4) is 11.6 Å². The quantitative estimate of drug-likeness (QED) is 0.663. The number of rotatable bonds is 6. The molecule has 3 aromatic heterocycles. The first-order chi connectivity index (χ1) is 12.5. The summed E-state index contributed by atoms with van der Waals surface area (Å²) in [5.41, 5.74) is 0.463. The Morgan fingerprint density at radius 2 is 1.92 bits per heavy atom. The van der Waals surface area contributed by atoms with Crippen LogP contribution in [0.5, 0.6) is 0 Å². The first-order valence-electron chi connectivity index (χ1n) is 7.99. The Morgan fingerprint density at radius 3 is 2.58 bits per heavy atom. The normalized spacial score (nSPS) is 12.3. The van der Waals surface area contributed by atoms with Crippen molar-refractivity contribution in [2.45, 2.75) is 26.3 Å². The molecule has 0 radical (unpaired) electrons. The Morgan fingerprint density at radius 1 is 1.19 bits per heavy atom. The maximum absolute atomic E-state index is 12.4. The van der Waals surface area contributed by atoms with Gasteiger partial charge < -0.3 is 10.4 Å². The van der Waals surface area contributed by atoms with Gasteiger partial charge in [-0.1, -0.05) is 13.8 Å². The highest BCUT2D eigenvalue weighted by molar-refractivity contribution is 5.95. The minimum absolute atomic E-state index is 0.0458. The summed E-state index contributed by atoms with van der Waals surface area (Å²) in [6, 6.07) is 3.71. The first-order valence-corrected chi connectivity index (χ1v) is 7.99. The summed E-state index contributed by atoms with van der Waals surface area (Å²) in [7, 11) is 0. The number of carboxylic acid groups (broad SMARTS) is 1. The van der Waals surface area contributed by atoms with E-state index in [9.17, 15) is 14.7 Å². The molecule has 0 bridgehead atoms. The maximum atomic E-state index is 12.4. The molecule has 1 amide bonds. The van der Waals surface area contributed by atoms with Crippen molar-refractivity contribution in [3.63, 3.8) is 0 Å². The molecular formula is C16H17N7O3. The van der Waals surface area contributed by atoms with Crippen LogP contribution >= 0.6 is 0 Å². The number of aromatic nitrogens is 6. The van der Waals surface area contributed by atoms with E-state index in [1.165, 1.54) is 10.6 Å². The molecule has 0 unspecified atom stereocenters. The molecule has 3 aromatic rings. The van der Waals surface area contributed by atoms with Gasteiger partial charge in [-0.25, -0.2) is 14.8 Å². The van der Waals surface area contributed by atoms with Crippen molar-refractivity contribution >= 4 is 17.5 Å². The van der Waals surface area contributed by atoms with Crippen LogP contribution in [-0.4, -0.2) is 52.8 Å². The molecule has 10 nitrogen and oxygen atoms in total. The molecule has 0 aliphatic rings. The third-order valence-electron chi connectivity index (χ3n) is 3.57. The lowest BCUT2D eigenvalue weighted by Gasteiger charge is -2.16. The average molecular weight is 355 g/mol. The Kier molecular flexibility index (Phi) is 4.83. The molecule has 0 aliphatic heterocycles. The van der Waals surface area contributed by atoms with E-state index in [1.807, 2.05) is 13.8 Å². The van der Waals surface area contributed by atoms with Crippen molar-refractivity contribution in [2.24, 2.45) is 5.92 Å². The second kappa shape index (κ2) is 7.21. The highest BCUT2D eigenvalue weighted by Gasteiger charge is 2.23. The van der Waals surface area contributed by atoms with Crippen LogP contribution in [0.1, 0.15) is 30.8 Å². The van der Waals surface area contributed by atoms with Gasteiger partial charge in [-0.2, -0.15) is 9.61 Å². The molecule has 0 fully saturated rings. The third kappa shape index (κ3) is 3.63. The predicted molar refractivity (Wildman–Crippen MR) is 90.2 cm³/mol. The van der Waals surface area contributed by atoms with E-state index in [0.717, 1.165) is 0 Å². The number of fused-ring (bicyclic) bond motifs is 1. The van der Waals surface area contributed by atoms with Crippen molar-refractivity contribution in [1.29, 1.82) is 0 Å². The second-order valence-electron chi connectivity index (χ2n) is 6.08. The number of carbonyl (C=O) groups excluding carboxylic acids is 1. The van der Waals surface area contributed by atoms with E-state index in [2.05, 4.69) is 30.6 Å². The maximum Gasteiger partial charge on any atom is 0.326 e. The summed E-state index contributed by atoms with van der Waals surface area (Å²) in [6.07, 6.45) is 3.44. The van der Waals surface area contributed by atoms with Crippen molar-refractivity contribution in [3.05, 3.63) is 36.3 Å². The van der Waals surface area contributed by atoms with Gasteiger partial charge in [0.2, 0.25) is 5.82 Å². The lowest BCUT2D eigenvalue weighted by atomic mass is 10.0. The number of hydrogen-bond donors (Lipinski definition) is 2. The molecule has 3 rings (SSSR count). The standard InChI is InChI=1S/C16H17N7O3/c1-9(2)8-11(16(25)26)19-15(24)10-4-5-12-20-21-14(23(12)22-10)13-17-6-3-7-18-13/h3-7,9,11H,8H2,1-2H3,(H,19,24)(H,25,26)/t11-/m1/s1. The van der Waals surface area contributed by atoms with Crippen LogP contribution in [0.2, 0.25) is 0 Å². The molecule has 10 heteroatoms. The number of amides is 1. The van der Waals surface area contributed by atoms with Gasteiger partial charge in [0.15, 0.2) is 11.5 Å². The van der Waals surface area contributed by atoms with Gasteiger partial charge in [0.1, 0.15) is 11.7 Å². The molecule has 0 aliphatic carbocycles. The van der Waals surface area contributed by atoms with Gasteiger partial charge in [-0.15, -0.1) is 10.2 Å². The Bertz CT molecular complexity index is 939. The summed E-state index contributed by atoms with van der Waals surface area (Å²) in [5.74, 6) is -0.962. The monoisotopic (exact) mass is 355 g/mol. The molecule has 26 heavy (non-hydrogen) atoms. The fraction of sp³-hybridized carbons (Fsp3) is 0.312. The largest absolute Gasteiger partial charge is 0.480 e. The molecule has 0 saturated heterocycles. The number of nitrogens with one attached hydrogen (secondary N) is 1. The Hall–Kier alpha value is -3.43. The molecule has 2 N–H and O–H groups in total. The summed E-state index contributed by atoms with van der Waals surface area (Å²) >= 11 is 0. The molecule has 0 spiro atoms. The van der Waals surface area contributed by atoms with Crippen LogP contribution < -0.4 is 5.32 Å². The summed E-state index contributed by atoms with van der Waals surface area (Å²) in [6.45, 7) is 3.77. The average Bonchev–Trinajstić information content (AvgIpc) is 3.04. The fourth-order valence-corrected chi connectivity index (χ4v) is 2.39. The smallest absolute Gasteiger partial charge is 0.326 e. The lowest BCUT2D eigenvalue weighted by Crippen LogP contribution is -2.42. The van der Waals surface area contributed by atoms with E-state index in [1.54, 1.807) is 24.5 Å². The number of carboxylic acids is 1. The van der Waals surface area contributed by atoms with E-state index < -0.39 is 17.9 Å². The Balaban J connectivity index is 1.91. The van der Waals surface area contributed by atoms with Gasteiger partial charge in [-0.3, -0.25) is 4.79 Å². The van der Waals surface area contributed by atoms with E-state index >= 15 is 0 Å². The van der Waals surface area contributed by atoms with Crippen molar-refractivity contribution in [1.82, 2.24) is 35.1 Å². The van der Waals surface area contributed by atoms with Crippen LogP contribution in [-0.2, 0) is 4.79 Å². The molecule has 0 saturated carbocycles. The third-order valence-corrected chi connectivity index (χ3v) is 3.57. The van der Waals surface area contributed by atoms with Crippen LogP contribution in [0.4, 0.5) is 0 Å².